The Morgan fingerprint density at radius 3 is 2.33 bits per heavy atom. The number of aliphatic hydroxyl groups excluding tert-OH is 4. The van der Waals surface area contributed by atoms with Crippen molar-refractivity contribution >= 4 is 23.4 Å². The van der Waals surface area contributed by atoms with Gasteiger partial charge in [0.2, 0.25) is 0 Å². The van der Waals surface area contributed by atoms with Gasteiger partial charge in [0.15, 0.2) is 17.7 Å². The molecule has 0 aromatic carbocycles. The molecule has 39 heavy (non-hydrogen) atoms. The van der Waals surface area contributed by atoms with Gasteiger partial charge in [-0.15, -0.1) is 0 Å². The molecule has 1 aliphatic heterocycles. The number of rotatable bonds is 5. The van der Waals surface area contributed by atoms with E-state index in [1.54, 1.807) is 0 Å². The highest BCUT2D eigenvalue weighted by Gasteiger charge is 2.67. The molecule has 12 atom stereocenters. The third-order valence-electron chi connectivity index (χ3n) is 10.8. The van der Waals surface area contributed by atoms with Crippen molar-refractivity contribution in [2.45, 2.75) is 109 Å². The van der Waals surface area contributed by atoms with Crippen LogP contribution in [0.3, 0.4) is 0 Å². The van der Waals surface area contributed by atoms with Crippen LogP contribution in [-0.4, -0.2) is 81.2 Å². The summed E-state index contributed by atoms with van der Waals surface area (Å²) in [5, 5.41) is 40.8. The Balaban J connectivity index is 1.41. The van der Waals surface area contributed by atoms with E-state index in [1.807, 2.05) is 6.08 Å². The molecule has 5 aliphatic rings. The van der Waals surface area contributed by atoms with Crippen molar-refractivity contribution < 1.29 is 44.2 Å². The first-order valence-corrected chi connectivity index (χ1v) is 14.4. The second kappa shape index (κ2) is 10.2. The summed E-state index contributed by atoms with van der Waals surface area (Å²) in [6.45, 7) is 6.72. The van der Waals surface area contributed by atoms with Crippen molar-refractivity contribution in [1.82, 2.24) is 0 Å². The van der Waals surface area contributed by atoms with Gasteiger partial charge >= 0.3 is 5.97 Å². The van der Waals surface area contributed by atoms with Crippen LogP contribution in [0.1, 0.15) is 66.2 Å². The summed E-state index contributed by atoms with van der Waals surface area (Å²) < 4.78 is 17.5. The molecular formula is C29H41ClO9. The largest absolute Gasteiger partial charge is 0.451 e. The molecule has 0 radical (unpaired) electrons. The van der Waals surface area contributed by atoms with Gasteiger partial charge in [-0.25, -0.2) is 0 Å². The topological polar surface area (TPSA) is 143 Å². The van der Waals surface area contributed by atoms with Crippen molar-refractivity contribution in [3.8, 4) is 0 Å². The number of fused-ring (bicyclic) bond motifs is 5. The van der Waals surface area contributed by atoms with E-state index in [2.05, 4.69) is 19.9 Å². The van der Waals surface area contributed by atoms with Crippen LogP contribution in [0, 0.1) is 28.6 Å². The first-order valence-electron chi connectivity index (χ1n) is 14.1. The van der Waals surface area contributed by atoms with Crippen molar-refractivity contribution in [3.05, 3.63) is 22.8 Å². The molecule has 3 fully saturated rings. The minimum atomic E-state index is -1.50. The monoisotopic (exact) mass is 568 g/mol. The molecule has 4 aliphatic carbocycles. The molecule has 9 nitrogen and oxygen atoms in total. The highest BCUT2D eigenvalue weighted by Crippen LogP contribution is 2.68. The number of ketones is 1. The lowest BCUT2D eigenvalue weighted by Gasteiger charge is -2.58. The highest BCUT2D eigenvalue weighted by molar-refractivity contribution is 6.32. The first-order chi connectivity index (χ1) is 18.3. The molecule has 0 unspecified atom stereocenters. The second-order valence-electron chi connectivity index (χ2n) is 12.7. The lowest BCUT2D eigenvalue weighted by Crippen LogP contribution is -2.60. The number of hydrogen-bond acceptors (Lipinski definition) is 9. The molecule has 0 amide bonds. The zero-order chi connectivity index (χ0) is 28.5. The fourth-order valence-electron chi connectivity index (χ4n) is 8.73. The predicted molar refractivity (Wildman–Crippen MR) is 140 cm³/mol. The van der Waals surface area contributed by atoms with E-state index < -0.39 is 60.4 Å². The van der Waals surface area contributed by atoms with Gasteiger partial charge in [-0.2, -0.15) is 0 Å². The fraction of sp³-hybridized carbons (Fsp3) is 0.793. The molecule has 2 saturated carbocycles. The van der Waals surface area contributed by atoms with E-state index in [-0.39, 0.29) is 29.0 Å². The molecule has 1 heterocycles. The van der Waals surface area contributed by atoms with E-state index in [0.29, 0.717) is 17.9 Å². The van der Waals surface area contributed by atoms with Crippen LogP contribution in [0.15, 0.2) is 22.8 Å². The van der Waals surface area contributed by atoms with E-state index >= 15 is 0 Å². The molecule has 0 aromatic heterocycles. The van der Waals surface area contributed by atoms with E-state index in [9.17, 15) is 30.0 Å². The number of Topliss-reactive ketones (excluding diaryl/α,β-unsaturated/α-hetero) is 1. The fourth-order valence-corrected chi connectivity index (χ4v) is 9.15. The van der Waals surface area contributed by atoms with Crippen LogP contribution in [-0.2, 0) is 23.8 Å². The van der Waals surface area contributed by atoms with Crippen LogP contribution in [0.5, 0.6) is 0 Å². The third kappa shape index (κ3) is 4.35. The standard InChI is InChI=1S/C29H41ClO9/c1-14(32)29(39-15(2)33)10-7-19-17-12-21(30)20-11-16(5-8-27(20,3)18(17)6-9-28(19,29)4)37-26-25(36)24(35)23(34)22(13-31)38-26/h11-12,16-19,22-26,31,34-36H,5-10,13H2,1-4H3/t16-,17+,18-,19-,22+,23+,24-,25+,26+,27+,28-,29-/m0/s1. The Kier molecular flexibility index (Phi) is 7.62. The number of carbonyl (C=O) groups excluding carboxylic acids is 2. The maximum Gasteiger partial charge on any atom is 0.303 e. The summed E-state index contributed by atoms with van der Waals surface area (Å²) in [7, 11) is 0. The van der Waals surface area contributed by atoms with Crippen LogP contribution in [0.4, 0.5) is 0 Å². The van der Waals surface area contributed by atoms with Gasteiger partial charge in [0, 0.05) is 17.4 Å². The molecule has 10 heteroatoms. The Hall–Kier alpha value is -1.33. The van der Waals surface area contributed by atoms with Crippen LogP contribution < -0.4 is 0 Å². The summed E-state index contributed by atoms with van der Waals surface area (Å²) in [4.78, 5) is 25.0. The van der Waals surface area contributed by atoms with Crippen molar-refractivity contribution in [2.75, 3.05) is 6.61 Å². The normalized spacial score (nSPS) is 49.2. The molecular weight excluding hydrogens is 528 g/mol. The summed E-state index contributed by atoms with van der Waals surface area (Å²) in [6.07, 6.45) is 1.33. The molecule has 218 valence electrons. The zero-order valence-corrected chi connectivity index (χ0v) is 23.8. The van der Waals surface area contributed by atoms with E-state index in [0.717, 1.165) is 31.3 Å². The number of carbonyl (C=O) groups is 2. The van der Waals surface area contributed by atoms with Crippen molar-refractivity contribution in [2.24, 2.45) is 28.6 Å². The maximum atomic E-state index is 13.0. The van der Waals surface area contributed by atoms with Gasteiger partial charge in [0.05, 0.1) is 12.7 Å². The third-order valence-corrected chi connectivity index (χ3v) is 11.2. The Morgan fingerprint density at radius 1 is 1.00 bits per heavy atom. The smallest absolute Gasteiger partial charge is 0.303 e. The number of esters is 1. The average molecular weight is 569 g/mol. The molecule has 4 N–H and O–H groups in total. The van der Waals surface area contributed by atoms with Crippen LogP contribution in [0.2, 0.25) is 0 Å². The Morgan fingerprint density at radius 2 is 1.69 bits per heavy atom. The van der Waals surface area contributed by atoms with E-state index in [4.69, 9.17) is 25.8 Å². The lowest BCUT2D eigenvalue weighted by molar-refractivity contribution is -0.308. The Bertz CT molecular complexity index is 1070. The maximum absolute atomic E-state index is 13.0. The SMILES string of the molecule is CC(=O)O[C@]1(C(C)=O)CC[C@H]2[C@@H]3C=C(Cl)C4=C[C@@H](O[C@@H]5O[C@H](CO)[C@@H](O)[C@H](O)[C@H]5O)CC[C@]4(C)[C@H]3CC[C@@]21C. The Labute approximate surface area is 234 Å². The van der Waals surface area contributed by atoms with Crippen LogP contribution in [0.25, 0.3) is 0 Å². The minimum absolute atomic E-state index is 0.0929. The molecule has 0 spiro atoms. The van der Waals surface area contributed by atoms with Crippen molar-refractivity contribution in [1.29, 1.82) is 0 Å². The second-order valence-corrected chi connectivity index (χ2v) is 13.1. The van der Waals surface area contributed by atoms with Crippen molar-refractivity contribution in [3.63, 3.8) is 0 Å². The van der Waals surface area contributed by atoms with Gasteiger partial charge < -0.3 is 34.6 Å². The van der Waals surface area contributed by atoms with Gasteiger partial charge in [0.1, 0.15) is 24.4 Å². The van der Waals surface area contributed by atoms with Gasteiger partial charge in [-0.3, -0.25) is 9.59 Å². The lowest BCUT2D eigenvalue weighted by atomic mass is 9.48. The molecule has 5 rings (SSSR count). The van der Waals surface area contributed by atoms with E-state index in [1.165, 1.54) is 13.8 Å². The minimum Gasteiger partial charge on any atom is -0.451 e. The number of halogens is 1. The molecule has 0 bridgehead atoms. The summed E-state index contributed by atoms with van der Waals surface area (Å²) in [5.41, 5.74) is -0.829. The summed E-state index contributed by atoms with van der Waals surface area (Å²) in [6, 6.07) is 0. The van der Waals surface area contributed by atoms with Gasteiger partial charge in [-0.05, 0) is 74.2 Å². The highest BCUT2D eigenvalue weighted by atomic mass is 35.5. The number of aliphatic hydroxyl groups is 4. The number of allylic oxidation sites excluding steroid dienone is 3. The average Bonchev–Trinajstić information content (AvgIpc) is 3.18. The summed E-state index contributed by atoms with van der Waals surface area (Å²) in [5.74, 6) is 0.0523. The van der Waals surface area contributed by atoms with Crippen LogP contribution >= 0.6 is 11.6 Å². The predicted octanol–water partition coefficient (Wildman–Crippen LogP) is 2.37. The van der Waals surface area contributed by atoms with Gasteiger partial charge in [0.25, 0.3) is 0 Å². The zero-order valence-electron chi connectivity index (χ0n) is 23.0. The number of hydrogen-bond donors (Lipinski definition) is 4. The van der Waals surface area contributed by atoms with Gasteiger partial charge in [-0.1, -0.05) is 37.6 Å². The number of ether oxygens (including phenoxy) is 3. The first kappa shape index (κ1) is 29.2. The summed E-state index contributed by atoms with van der Waals surface area (Å²) >= 11 is 6.98. The molecule has 0 aromatic rings. The molecule has 1 saturated heterocycles. The quantitative estimate of drug-likeness (QED) is 0.367.